The predicted molar refractivity (Wildman–Crippen MR) is 124 cm³/mol. The van der Waals surface area contributed by atoms with E-state index in [0.717, 1.165) is 19.3 Å². The van der Waals surface area contributed by atoms with Gasteiger partial charge in [-0.2, -0.15) is 0 Å². The molecule has 1 unspecified atom stereocenters. The van der Waals surface area contributed by atoms with Gasteiger partial charge in [0.1, 0.15) is 17.4 Å². The molecule has 3 aliphatic rings. The molecule has 2 aliphatic carbocycles. The van der Waals surface area contributed by atoms with Crippen molar-refractivity contribution in [2.75, 3.05) is 6.54 Å². The molecule has 6 heteroatoms. The van der Waals surface area contributed by atoms with E-state index in [1.807, 2.05) is 32.9 Å². The highest BCUT2D eigenvalue weighted by atomic mass is 16.6. The average Bonchev–Trinajstić information content (AvgIpc) is 3.21. The SMILES string of the molecule is CC(C)(C)OC(=O)N1CCCC1C(=O)Oc1ccc2c(c1)[C@@]1(C)CCCCC[C@@H](C2)[C@@H]1N. The number of hydrogen-bond donors (Lipinski definition) is 1. The first kappa shape index (κ1) is 23.1. The maximum Gasteiger partial charge on any atom is 0.411 e. The molecule has 2 bridgehead atoms. The van der Waals surface area contributed by atoms with Crippen molar-refractivity contribution in [1.29, 1.82) is 0 Å². The summed E-state index contributed by atoms with van der Waals surface area (Å²) >= 11 is 0. The van der Waals surface area contributed by atoms with Crippen LogP contribution in [0.4, 0.5) is 4.79 Å². The molecular formula is C26H38N2O4. The van der Waals surface area contributed by atoms with Gasteiger partial charge in [-0.15, -0.1) is 0 Å². The van der Waals surface area contributed by atoms with Crippen LogP contribution in [0.25, 0.3) is 0 Å². The molecule has 1 aliphatic heterocycles. The van der Waals surface area contributed by atoms with Gasteiger partial charge in [0, 0.05) is 18.0 Å². The third kappa shape index (κ3) is 4.52. The van der Waals surface area contributed by atoms with E-state index in [0.29, 0.717) is 24.6 Å². The van der Waals surface area contributed by atoms with E-state index in [9.17, 15) is 9.59 Å². The summed E-state index contributed by atoms with van der Waals surface area (Å²) in [5.74, 6) is 0.662. The molecule has 2 N–H and O–H groups in total. The van der Waals surface area contributed by atoms with Gasteiger partial charge in [-0.05, 0) is 82.1 Å². The standard InChI is InChI=1S/C26H38N2O4/c1-25(2,3)32-24(30)28-14-8-10-21(28)23(29)31-19-12-11-17-15-18-9-6-5-7-13-26(4,22(18)27)20(17)16-19/h11-12,16,18,21-22H,5-10,13-15,27H2,1-4H3/t18-,21?,22-,26+/m0/s1. The number of nitrogens with zero attached hydrogens (tertiary/aromatic N) is 1. The van der Waals surface area contributed by atoms with Gasteiger partial charge in [0.2, 0.25) is 0 Å². The number of nitrogens with two attached hydrogens (primary N) is 1. The lowest BCUT2D eigenvalue weighted by atomic mass is 9.60. The van der Waals surface area contributed by atoms with E-state index < -0.39 is 23.7 Å². The molecule has 4 rings (SSSR count). The average molecular weight is 443 g/mol. The Morgan fingerprint density at radius 3 is 2.66 bits per heavy atom. The van der Waals surface area contributed by atoms with E-state index in [1.165, 1.54) is 41.7 Å². The number of hydrogen-bond acceptors (Lipinski definition) is 5. The number of esters is 1. The first-order valence-electron chi connectivity index (χ1n) is 12.2. The maximum atomic E-state index is 13.0. The third-order valence-electron chi connectivity index (χ3n) is 7.56. The number of benzene rings is 1. The first-order chi connectivity index (χ1) is 15.1. The lowest BCUT2D eigenvalue weighted by Gasteiger charge is -2.47. The van der Waals surface area contributed by atoms with Crippen LogP contribution in [0.5, 0.6) is 5.75 Å². The fourth-order valence-corrected chi connectivity index (χ4v) is 5.83. The lowest BCUT2D eigenvalue weighted by Crippen LogP contribution is -2.52. The molecule has 6 nitrogen and oxygen atoms in total. The molecule has 2 fully saturated rings. The van der Waals surface area contributed by atoms with E-state index >= 15 is 0 Å². The number of ether oxygens (including phenoxy) is 2. The quantitative estimate of drug-likeness (QED) is 0.530. The van der Waals surface area contributed by atoms with Gasteiger partial charge >= 0.3 is 12.1 Å². The molecule has 0 aromatic heterocycles. The summed E-state index contributed by atoms with van der Waals surface area (Å²) in [6.07, 6.45) is 7.83. The molecule has 4 atom stereocenters. The first-order valence-corrected chi connectivity index (χ1v) is 12.2. The zero-order chi connectivity index (χ0) is 23.1. The van der Waals surface area contributed by atoms with E-state index in [-0.39, 0.29) is 11.5 Å². The minimum absolute atomic E-state index is 0.100. The Labute approximate surface area is 191 Å². The largest absolute Gasteiger partial charge is 0.444 e. The number of rotatable bonds is 2. The molecule has 0 radical (unpaired) electrons. The van der Waals surface area contributed by atoms with Crippen LogP contribution < -0.4 is 10.5 Å². The fraction of sp³-hybridized carbons (Fsp3) is 0.692. The smallest absolute Gasteiger partial charge is 0.411 e. The third-order valence-corrected chi connectivity index (χ3v) is 7.56. The minimum Gasteiger partial charge on any atom is -0.444 e. The van der Waals surface area contributed by atoms with Crippen LogP contribution in [0.2, 0.25) is 0 Å². The molecule has 1 aromatic rings. The van der Waals surface area contributed by atoms with Crippen LogP contribution in [-0.4, -0.2) is 41.2 Å². The van der Waals surface area contributed by atoms with Crippen LogP contribution in [0.1, 0.15) is 83.8 Å². The Balaban J connectivity index is 1.53. The van der Waals surface area contributed by atoms with E-state index in [1.54, 1.807) is 0 Å². The second kappa shape index (κ2) is 8.69. The van der Waals surface area contributed by atoms with Crippen molar-refractivity contribution in [3.05, 3.63) is 29.3 Å². The Kier molecular flexibility index (Phi) is 6.27. The van der Waals surface area contributed by atoms with Crippen LogP contribution in [0.3, 0.4) is 0 Å². The molecule has 1 heterocycles. The van der Waals surface area contributed by atoms with Gasteiger partial charge in [-0.25, -0.2) is 9.59 Å². The van der Waals surface area contributed by atoms with E-state index in [4.69, 9.17) is 15.2 Å². The van der Waals surface area contributed by atoms with Crippen molar-refractivity contribution < 1.29 is 19.1 Å². The predicted octanol–water partition coefficient (Wildman–Crippen LogP) is 4.71. The van der Waals surface area contributed by atoms with Crippen LogP contribution in [0, 0.1) is 5.92 Å². The summed E-state index contributed by atoms with van der Waals surface area (Å²) in [6, 6.07) is 5.54. The van der Waals surface area contributed by atoms with Crippen molar-refractivity contribution in [3.63, 3.8) is 0 Å². The Hall–Kier alpha value is -2.08. The zero-order valence-electron chi connectivity index (χ0n) is 20.0. The monoisotopic (exact) mass is 442 g/mol. The summed E-state index contributed by atoms with van der Waals surface area (Å²) in [4.78, 5) is 27.1. The molecule has 1 aromatic carbocycles. The van der Waals surface area contributed by atoms with Gasteiger partial charge < -0.3 is 15.2 Å². The van der Waals surface area contributed by atoms with Gasteiger partial charge in [-0.1, -0.05) is 32.3 Å². The van der Waals surface area contributed by atoms with Crippen molar-refractivity contribution in [1.82, 2.24) is 4.90 Å². The van der Waals surface area contributed by atoms with Gasteiger partial charge in [0.15, 0.2) is 0 Å². The Morgan fingerprint density at radius 2 is 1.91 bits per heavy atom. The molecule has 32 heavy (non-hydrogen) atoms. The number of likely N-dealkylation sites (tertiary alicyclic amines) is 1. The van der Waals surface area contributed by atoms with Crippen LogP contribution in [-0.2, 0) is 21.4 Å². The lowest BCUT2D eigenvalue weighted by molar-refractivity contribution is -0.139. The molecule has 1 saturated carbocycles. The van der Waals surface area contributed by atoms with Gasteiger partial charge in [0.05, 0.1) is 0 Å². The Morgan fingerprint density at radius 1 is 1.12 bits per heavy atom. The minimum atomic E-state index is -0.607. The fourth-order valence-electron chi connectivity index (χ4n) is 5.83. The highest BCUT2D eigenvalue weighted by Crippen LogP contribution is 2.46. The van der Waals surface area contributed by atoms with Gasteiger partial charge in [-0.3, -0.25) is 4.90 Å². The van der Waals surface area contributed by atoms with Crippen molar-refractivity contribution in [2.45, 2.75) is 102 Å². The highest BCUT2D eigenvalue weighted by Gasteiger charge is 2.44. The summed E-state index contributed by atoms with van der Waals surface area (Å²) in [6.45, 7) is 8.26. The summed E-state index contributed by atoms with van der Waals surface area (Å²) in [5, 5.41) is 0. The molecule has 1 saturated heterocycles. The van der Waals surface area contributed by atoms with Crippen molar-refractivity contribution in [3.8, 4) is 5.75 Å². The summed E-state index contributed by atoms with van der Waals surface area (Å²) < 4.78 is 11.3. The summed E-state index contributed by atoms with van der Waals surface area (Å²) in [7, 11) is 0. The normalized spacial score (nSPS) is 30.2. The zero-order valence-corrected chi connectivity index (χ0v) is 20.0. The summed E-state index contributed by atoms with van der Waals surface area (Å²) in [5.41, 5.74) is 8.65. The van der Waals surface area contributed by atoms with Crippen molar-refractivity contribution >= 4 is 12.1 Å². The topological polar surface area (TPSA) is 81.9 Å². The van der Waals surface area contributed by atoms with Crippen LogP contribution >= 0.6 is 0 Å². The van der Waals surface area contributed by atoms with Gasteiger partial charge in [0.25, 0.3) is 0 Å². The number of amides is 1. The molecule has 176 valence electrons. The second-order valence-electron chi connectivity index (χ2n) is 11.1. The maximum absolute atomic E-state index is 13.0. The van der Waals surface area contributed by atoms with Crippen molar-refractivity contribution in [2.24, 2.45) is 11.7 Å². The highest BCUT2D eigenvalue weighted by molar-refractivity contribution is 5.83. The molecular weight excluding hydrogens is 404 g/mol. The molecule has 0 spiro atoms. The number of fused-ring (bicyclic) bond motifs is 4. The second-order valence-corrected chi connectivity index (χ2v) is 11.1. The molecule has 1 amide bonds. The van der Waals surface area contributed by atoms with Crippen LogP contribution in [0.15, 0.2) is 18.2 Å². The number of carbonyl (C=O) groups excluding carboxylic acids is 2. The number of carbonyl (C=O) groups is 2. The van der Waals surface area contributed by atoms with E-state index in [2.05, 4.69) is 13.0 Å². The Bertz CT molecular complexity index is 877.